The minimum absolute atomic E-state index is 1.32. The fourth-order valence-corrected chi connectivity index (χ4v) is 3.50. The lowest BCUT2D eigenvalue weighted by Gasteiger charge is -1.96. The summed E-state index contributed by atoms with van der Waals surface area (Å²) in [5.41, 5.74) is 1.32. The molecule has 0 saturated heterocycles. The second-order valence-electron chi connectivity index (χ2n) is 2.90. The highest BCUT2D eigenvalue weighted by atomic mass is 127. The molecule has 0 bridgehead atoms. The van der Waals surface area contributed by atoms with E-state index in [9.17, 15) is 0 Å². The molecule has 2 heteroatoms. The molecule has 0 amide bonds. The number of hydrogen-bond acceptors (Lipinski definition) is 1. The average Bonchev–Trinajstić information content (AvgIpc) is 2.47. The van der Waals surface area contributed by atoms with Gasteiger partial charge in [0.05, 0.1) is 0 Å². The van der Waals surface area contributed by atoms with Crippen LogP contribution in [0.3, 0.4) is 0 Å². The topological polar surface area (TPSA) is 0 Å². The van der Waals surface area contributed by atoms with Crippen LogP contribution in [0.25, 0.3) is 10.4 Å². The van der Waals surface area contributed by atoms with Crippen LogP contribution in [0.4, 0.5) is 0 Å². The van der Waals surface area contributed by atoms with Crippen LogP contribution in [0.1, 0.15) is 4.88 Å². The van der Waals surface area contributed by atoms with Crippen molar-refractivity contribution < 1.29 is 0 Å². The van der Waals surface area contributed by atoms with Gasteiger partial charge in [-0.15, -0.1) is 11.3 Å². The molecule has 0 unspecified atom stereocenters. The van der Waals surface area contributed by atoms with Gasteiger partial charge in [-0.3, -0.25) is 0 Å². The fraction of sp³-hybridized carbons (Fsp3) is 0.0909. The minimum atomic E-state index is 1.32. The van der Waals surface area contributed by atoms with E-state index in [1.807, 2.05) is 11.3 Å². The zero-order valence-electron chi connectivity index (χ0n) is 7.25. The van der Waals surface area contributed by atoms with Crippen LogP contribution in [-0.4, -0.2) is 0 Å². The highest BCUT2D eigenvalue weighted by Gasteiger charge is 2.05. The predicted octanol–water partition coefficient (Wildman–Crippen LogP) is 4.33. The van der Waals surface area contributed by atoms with Crippen molar-refractivity contribution in [2.75, 3.05) is 0 Å². The summed E-state index contributed by atoms with van der Waals surface area (Å²) in [5, 5.41) is 0. The van der Waals surface area contributed by atoms with Gasteiger partial charge in [-0.1, -0.05) is 30.3 Å². The Labute approximate surface area is 95.8 Å². The van der Waals surface area contributed by atoms with Gasteiger partial charge in [0.2, 0.25) is 0 Å². The molecule has 0 radical (unpaired) electrons. The summed E-state index contributed by atoms with van der Waals surface area (Å²) < 4.78 is 1.35. The molecule has 0 saturated carbocycles. The van der Waals surface area contributed by atoms with Gasteiger partial charge in [0, 0.05) is 13.3 Å². The molecule has 0 atom stereocenters. The van der Waals surface area contributed by atoms with Crippen molar-refractivity contribution >= 4 is 33.9 Å². The molecule has 1 aromatic heterocycles. The van der Waals surface area contributed by atoms with Crippen LogP contribution in [-0.2, 0) is 0 Å². The number of hydrogen-bond donors (Lipinski definition) is 0. The summed E-state index contributed by atoms with van der Waals surface area (Å²) in [6.07, 6.45) is 0. The molecule has 66 valence electrons. The lowest BCUT2D eigenvalue weighted by atomic mass is 10.2. The summed E-state index contributed by atoms with van der Waals surface area (Å²) in [5.74, 6) is 0. The standard InChI is InChI=1S/C11H9IS/c1-8-7-10(12)11(13-8)9-5-3-2-4-6-9/h2-7H,1H3. The first kappa shape index (κ1) is 9.21. The SMILES string of the molecule is Cc1cc(I)c(-c2ccccc2)s1. The third-order valence-electron chi connectivity index (χ3n) is 1.85. The Balaban J connectivity index is 2.53. The largest absolute Gasteiger partial charge is 0.139 e. The Bertz CT molecular complexity index is 403. The Morgan fingerprint density at radius 2 is 1.85 bits per heavy atom. The van der Waals surface area contributed by atoms with E-state index >= 15 is 0 Å². The summed E-state index contributed by atoms with van der Waals surface area (Å²) in [6, 6.07) is 12.8. The van der Waals surface area contributed by atoms with Gasteiger partial charge in [-0.2, -0.15) is 0 Å². The molecule has 0 N–H and O–H groups in total. The molecular weight excluding hydrogens is 291 g/mol. The van der Waals surface area contributed by atoms with Gasteiger partial charge in [-0.25, -0.2) is 0 Å². The molecule has 0 aliphatic carbocycles. The van der Waals surface area contributed by atoms with E-state index in [1.165, 1.54) is 18.9 Å². The van der Waals surface area contributed by atoms with Gasteiger partial charge in [0.1, 0.15) is 0 Å². The normalized spacial score (nSPS) is 10.3. The molecular formula is C11H9IS. The van der Waals surface area contributed by atoms with Gasteiger partial charge in [0.15, 0.2) is 0 Å². The van der Waals surface area contributed by atoms with Crippen molar-refractivity contribution in [3.8, 4) is 10.4 Å². The molecule has 0 fully saturated rings. The first-order valence-corrected chi connectivity index (χ1v) is 5.98. The Morgan fingerprint density at radius 1 is 1.15 bits per heavy atom. The average molecular weight is 300 g/mol. The quantitative estimate of drug-likeness (QED) is 0.688. The summed E-state index contributed by atoms with van der Waals surface area (Å²) in [6.45, 7) is 2.15. The molecule has 1 aromatic carbocycles. The lowest BCUT2D eigenvalue weighted by molar-refractivity contribution is 1.62. The van der Waals surface area contributed by atoms with Crippen molar-refractivity contribution in [2.45, 2.75) is 6.92 Å². The lowest BCUT2D eigenvalue weighted by Crippen LogP contribution is -1.72. The number of benzene rings is 1. The predicted molar refractivity (Wildman–Crippen MR) is 67.2 cm³/mol. The molecule has 0 aliphatic rings. The molecule has 1 heterocycles. The van der Waals surface area contributed by atoms with Crippen molar-refractivity contribution in [1.82, 2.24) is 0 Å². The third kappa shape index (κ3) is 1.94. The van der Waals surface area contributed by atoms with E-state index < -0.39 is 0 Å². The van der Waals surface area contributed by atoms with Gasteiger partial charge in [0.25, 0.3) is 0 Å². The smallest absolute Gasteiger partial charge is 0.0479 e. The van der Waals surface area contributed by atoms with E-state index in [0.717, 1.165) is 0 Å². The van der Waals surface area contributed by atoms with Crippen molar-refractivity contribution in [2.24, 2.45) is 0 Å². The number of aryl methyl sites for hydroxylation is 1. The van der Waals surface area contributed by atoms with Crippen molar-refractivity contribution in [3.63, 3.8) is 0 Å². The Kier molecular flexibility index (Phi) is 2.69. The molecule has 2 rings (SSSR count). The van der Waals surface area contributed by atoms with Crippen LogP contribution < -0.4 is 0 Å². The zero-order chi connectivity index (χ0) is 9.26. The van der Waals surface area contributed by atoms with Crippen LogP contribution >= 0.6 is 33.9 Å². The van der Waals surface area contributed by atoms with Crippen LogP contribution in [0, 0.1) is 10.5 Å². The van der Waals surface area contributed by atoms with Crippen LogP contribution in [0.15, 0.2) is 36.4 Å². The van der Waals surface area contributed by atoms with Gasteiger partial charge >= 0.3 is 0 Å². The molecule has 2 aromatic rings. The first-order valence-electron chi connectivity index (χ1n) is 4.09. The maximum Gasteiger partial charge on any atom is 0.0479 e. The molecule has 0 aliphatic heterocycles. The van der Waals surface area contributed by atoms with E-state index in [0.29, 0.717) is 0 Å². The van der Waals surface area contributed by atoms with E-state index in [-0.39, 0.29) is 0 Å². The fourth-order valence-electron chi connectivity index (χ4n) is 1.27. The van der Waals surface area contributed by atoms with Crippen molar-refractivity contribution in [3.05, 3.63) is 44.8 Å². The second-order valence-corrected chi connectivity index (χ2v) is 5.32. The summed E-state index contributed by atoms with van der Waals surface area (Å²) in [7, 11) is 0. The first-order chi connectivity index (χ1) is 6.27. The molecule has 0 spiro atoms. The number of rotatable bonds is 1. The monoisotopic (exact) mass is 300 g/mol. The van der Waals surface area contributed by atoms with E-state index in [1.54, 1.807) is 0 Å². The maximum absolute atomic E-state index is 2.40. The van der Waals surface area contributed by atoms with E-state index in [4.69, 9.17) is 0 Å². The Hall–Kier alpha value is -0.350. The molecule has 13 heavy (non-hydrogen) atoms. The minimum Gasteiger partial charge on any atom is -0.139 e. The summed E-state index contributed by atoms with van der Waals surface area (Å²) >= 11 is 4.26. The molecule has 0 nitrogen and oxygen atoms in total. The third-order valence-corrected chi connectivity index (χ3v) is 4.16. The van der Waals surface area contributed by atoms with Crippen molar-refractivity contribution in [1.29, 1.82) is 0 Å². The van der Waals surface area contributed by atoms with Gasteiger partial charge < -0.3 is 0 Å². The van der Waals surface area contributed by atoms with Crippen LogP contribution in [0.5, 0.6) is 0 Å². The Morgan fingerprint density at radius 3 is 2.38 bits per heavy atom. The summed E-state index contributed by atoms with van der Waals surface area (Å²) in [4.78, 5) is 2.77. The highest BCUT2D eigenvalue weighted by Crippen LogP contribution is 2.32. The zero-order valence-corrected chi connectivity index (χ0v) is 10.2. The second kappa shape index (κ2) is 3.80. The number of halogens is 1. The van der Waals surface area contributed by atoms with E-state index in [2.05, 4.69) is 65.9 Å². The maximum atomic E-state index is 2.40. The number of thiophene rings is 1. The van der Waals surface area contributed by atoms with Gasteiger partial charge in [-0.05, 0) is 41.1 Å². The highest BCUT2D eigenvalue weighted by molar-refractivity contribution is 14.1. The van der Waals surface area contributed by atoms with Crippen LogP contribution in [0.2, 0.25) is 0 Å².